The molecule has 176 valence electrons. The fraction of sp³-hybridized carbons (Fsp3) is 0.318. The van der Waals surface area contributed by atoms with Gasteiger partial charge in [-0.15, -0.1) is 11.3 Å². The molecule has 1 saturated heterocycles. The van der Waals surface area contributed by atoms with Gasteiger partial charge in [0.05, 0.1) is 31.9 Å². The lowest BCUT2D eigenvalue weighted by Gasteiger charge is -2.33. The topological polar surface area (TPSA) is 81.2 Å². The fourth-order valence-corrected chi connectivity index (χ4v) is 5.96. The van der Waals surface area contributed by atoms with Crippen molar-refractivity contribution in [2.24, 2.45) is 0 Å². The summed E-state index contributed by atoms with van der Waals surface area (Å²) in [5.41, 5.74) is 1.58. The molecule has 11 heteroatoms. The van der Waals surface area contributed by atoms with E-state index in [2.05, 4.69) is 4.90 Å². The number of aromatic nitrogens is 1. The van der Waals surface area contributed by atoms with Gasteiger partial charge in [-0.2, -0.15) is 4.31 Å². The van der Waals surface area contributed by atoms with E-state index in [1.807, 2.05) is 17.5 Å². The molecule has 0 saturated carbocycles. The molecule has 0 unspecified atom stereocenters. The molecule has 4 rings (SSSR count). The Bertz CT molecular complexity index is 1200. The monoisotopic (exact) mass is 493 g/mol. The summed E-state index contributed by atoms with van der Waals surface area (Å²) >= 11 is 1.49. The van der Waals surface area contributed by atoms with Gasteiger partial charge in [-0.3, -0.25) is 0 Å². The summed E-state index contributed by atoms with van der Waals surface area (Å²) in [7, 11) is 1.02. The predicted octanol–water partition coefficient (Wildman–Crippen LogP) is 3.49. The van der Waals surface area contributed by atoms with Crippen molar-refractivity contribution in [2.45, 2.75) is 4.90 Å². The molecule has 0 amide bonds. The van der Waals surface area contributed by atoms with Crippen LogP contribution in [0, 0.1) is 5.82 Å². The van der Waals surface area contributed by atoms with Gasteiger partial charge in [-0.25, -0.2) is 17.8 Å². The van der Waals surface area contributed by atoms with E-state index in [-0.39, 0.29) is 4.90 Å². The van der Waals surface area contributed by atoms with Gasteiger partial charge in [-0.1, -0.05) is 0 Å². The number of hydrogen-bond donors (Lipinski definition) is 0. The van der Waals surface area contributed by atoms with Gasteiger partial charge in [-0.05, 0) is 36.4 Å². The molecule has 0 N–H and O–H groups in total. The van der Waals surface area contributed by atoms with Gasteiger partial charge < -0.3 is 19.1 Å². The molecular weight excluding hydrogens is 469 g/mol. The molecule has 8 nitrogen and oxygen atoms in total. The summed E-state index contributed by atoms with van der Waals surface area (Å²) in [4.78, 5) is 6.90. The van der Waals surface area contributed by atoms with Crippen LogP contribution in [0.3, 0.4) is 0 Å². The summed E-state index contributed by atoms with van der Waals surface area (Å²) in [5.74, 6) is 1.13. The minimum absolute atomic E-state index is 0.0938. The van der Waals surface area contributed by atoms with Gasteiger partial charge >= 0.3 is 0 Å². The second-order valence-electron chi connectivity index (χ2n) is 7.27. The number of benzene rings is 2. The largest absolute Gasteiger partial charge is 0.493 e. The zero-order valence-electron chi connectivity index (χ0n) is 18.4. The van der Waals surface area contributed by atoms with E-state index in [1.54, 1.807) is 21.3 Å². The van der Waals surface area contributed by atoms with Gasteiger partial charge in [0.25, 0.3) is 0 Å². The molecule has 2 aromatic carbocycles. The first-order chi connectivity index (χ1) is 15.9. The van der Waals surface area contributed by atoms with Crippen molar-refractivity contribution in [1.29, 1.82) is 0 Å². The average molecular weight is 494 g/mol. The van der Waals surface area contributed by atoms with Crippen LogP contribution in [-0.4, -0.2) is 65.2 Å². The number of thiazole rings is 1. The zero-order valence-corrected chi connectivity index (χ0v) is 20.1. The second-order valence-corrected chi connectivity index (χ2v) is 10.0. The molecular formula is C22H24FN3O5S2. The standard InChI is InChI=1S/C22H24FN3O5S2/c1-29-19-12-15(13-20(30-2)21(19)31-3)18-14-32-22(24-18)25-8-10-26(11-9-25)33(27,28)17-6-4-16(23)5-7-17/h4-7,12-14H,8-11H2,1-3H3. The van der Waals surface area contributed by atoms with Crippen molar-refractivity contribution in [2.75, 3.05) is 52.4 Å². The van der Waals surface area contributed by atoms with Gasteiger partial charge in [0, 0.05) is 37.1 Å². The molecule has 1 fully saturated rings. The second kappa shape index (κ2) is 9.54. The number of sulfonamides is 1. The molecule has 0 radical (unpaired) electrons. The third-order valence-corrected chi connectivity index (χ3v) is 8.23. The normalized spacial score (nSPS) is 14.8. The Balaban J connectivity index is 1.49. The smallest absolute Gasteiger partial charge is 0.243 e. The van der Waals surface area contributed by atoms with Crippen molar-refractivity contribution in [3.05, 3.63) is 47.6 Å². The number of halogens is 1. The summed E-state index contributed by atoms with van der Waals surface area (Å²) in [6, 6.07) is 8.58. The maximum absolute atomic E-state index is 13.2. The Labute approximate surface area is 196 Å². The number of methoxy groups -OCH3 is 3. The predicted molar refractivity (Wildman–Crippen MR) is 125 cm³/mol. The van der Waals surface area contributed by atoms with Crippen LogP contribution in [0.5, 0.6) is 17.2 Å². The van der Waals surface area contributed by atoms with Crippen LogP contribution in [0.15, 0.2) is 46.7 Å². The molecule has 0 spiro atoms. The van der Waals surface area contributed by atoms with Crippen LogP contribution < -0.4 is 19.1 Å². The molecule has 1 aliphatic heterocycles. The number of anilines is 1. The van der Waals surface area contributed by atoms with Gasteiger partial charge in [0.1, 0.15) is 5.82 Å². The lowest BCUT2D eigenvalue weighted by Crippen LogP contribution is -2.48. The Morgan fingerprint density at radius 1 is 0.939 bits per heavy atom. The minimum atomic E-state index is -3.66. The third kappa shape index (κ3) is 4.61. The highest BCUT2D eigenvalue weighted by atomic mass is 32.2. The first kappa shape index (κ1) is 23.3. The van der Waals surface area contributed by atoms with Crippen LogP contribution in [0.4, 0.5) is 9.52 Å². The Kier molecular flexibility index (Phi) is 6.73. The van der Waals surface area contributed by atoms with Crippen molar-refractivity contribution >= 4 is 26.5 Å². The molecule has 3 aromatic rings. The van der Waals surface area contributed by atoms with Crippen molar-refractivity contribution in [3.63, 3.8) is 0 Å². The molecule has 0 bridgehead atoms. The molecule has 2 heterocycles. The lowest BCUT2D eigenvalue weighted by atomic mass is 10.1. The van der Waals surface area contributed by atoms with Crippen LogP contribution in [0.1, 0.15) is 0 Å². The third-order valence-electron chi connectivity index (χ3n) is 5.41. The zero-order chi connectivity index (χ0) is 23.6. The Morgan fingerprint density at radius 2 is 1.55 bits per heavy atom. The quantitative estimate of drug-likeness (QED) is 0.498. The van der Waals surface area contributed by atoms with E-state index in [9.17, 15) is 12.8 Å². The van der Waals surface area contributed by atoms with Crippen LogP contribution >= 0.6 is 11.3 Å². The molecule has 0 atom stereocenters. The summed E-state index contributed by atoms with van der Waals surface area (Å²) in [5, 5.41) is 2.75. The maximum atomic E-state index is 13.2. The van der Waals surface area contributed by atoms with E-state index in [4.69, 9.17) is 19.2 Å². The summed E-state index contributed by atoms with van der Waals surface area (Å²) < 4.78 is 56.5. The maximum Gasteiger partial charge on any atom is 0.243 e. The molecule has 0 aliphatic carbocycles. The fourth-order valence-electron chi connectivity index (χ4n) is 3.65. The SMILES string of the molecule is COc1cc(-c2csc(N3CCN(S(=O)(=O)c4ccc(F)cc4)CC3)n2)cc(OC)c1OC. The van der Waals surface area contributed by atoms with E-state index < -0.39 is 15.8 Å². The lowest BCUT2D eigenvalue weighted by molar-refractivity contribution is 0.324. The average Bonchev–Trinajstić information content (AvgIpc) is 3.34. The van der Waals surface area contributed by atoms with Crippen molar-refractivity contribution < 1.29 is 27.0 Å². The van der Waals surface area contributed by atoms with Crippen molar-refractivity contribution in [3.8, 4) is 28.5 Å². The Hall–Kier alpha value is -2.89. The van der Waals surface area contributed by atoms with Crippen LogP contribution in [-0.2, 0) is 10.0 Å². The summed E-state index contributed by atoms with van der Waals surface area (Å²) in [6.45, 7) is 1.64. The Morgan fingerprint density at radius 3 is 2.09 bits per heavy atom. The highest BCUT2D eigenvalue weighted by Crippen LogP contribution is 2.41. The van der Waals surface area contributed by atoms with Crippen LogP contribution in [0.25, 0.3) is 11.3 Å². The number of nitrogens with zero attached hydrogens (tertiary/aromatic N) is 3. The van der Waals surface area contributed by atoms with E-state index in [1.165, 1.54) is 27.8 Å². The molecule has 33 heavy (non-hydrogen) atoms. The first-order valence-electron chi connectivity index (χ1n) is 10.1. The number of ether oxygens (including phenoxy) is 3. The molecule has 1 aliphatic rings. The first-order valence-corrected chi connectivity index (χ1v) is 12.5. The highest BCUT2D eigenvalue weighted by molar-refractivity contribution is 7.89. The molecule has 1 aromatic heterocycles. The number of rotatable bonds is 7. The van der Waals surface area contributed by atoms with E-state index in [0.717, 1.165) is 28.5 Å². The van der Waals surface area contributed by atoms with Crippen LogP contribution in [0.2, 0.25) is 0 Å². The minimum Gasteiger partial charge on any atom is -0.493 e. The number of hydrogen-bond acceptors (Lipinski definition) is 8. The van der Waals surface area contributed by atoms with Gasteiger partial charge in [0.15, 0.2) is 16.6 Å². The summed E-state index contributed by atoms with van der Waals surface area (Å²) in [6.07, 6.45) is 0. The van der Waals surface area contributed by atoms with Gasteiger partial charge in [0.2, 0.25) is 15.8 Å². The van der Waals surface area contributed by atoms with E-state index in [0.29, 0.717) is 43.4 Å². The number of piperazine rings is 1. The van der Waals surface area contributed by atoms with Crippen molar-refractivity contribution in [1.82, 2.24) is 9.29 Å². The van der Waals surface area contributed by atoms with E-state index >= 15 is 0 Å². The highest BCUT2D eigenvalue weighted by Gasteiger charge is 2.29.